The van der Waals surface area contributed by atoms with Crippen LogP contribution in [0.4, 0.5) is 0 Å². The first-order valence-corrected chi connectivity index (χ1v) is 6.41. The number of nitrogens with zero attached hydrogens (tertiary/aromatic N) is 2. The zero-order valence-corrected chi connectivity index (χ0v) is 11.5. The Labute approximate surface area is 105 Å². The summed E-state index contributed by atoms with van der Waals surface area (Å²) in [6.45, 7) is 2.13. The van der Waals surface area contributed by atoms with Gasteiger partial charge in [0.25, 0.3) is 0 Å². The Morgan fingerprint density at radius 2 is 2.00 bits per heavy atom. The molecule has 0 bridgehead atoms. The van der Waals surface area contributed by atoms with Crippen molar-refractivity contribution < 1.29 is 0 Å². The Morgan fingerprint density at radius 3 is 2.73 bits per heavy atom. The Kier molecular flexibility index (Phi) is 3.36. The van der Waals surface area contributed by atoms with Crippen molar-refractivity contribution in [3.05, 3.63) is 33.1 Å². The van der Waals surface area contributed by atoms with E-state index in [1.54, 1.807) is 0 Å². The van der Waals surface area contributed by atoms with Crippen LogP contribution in [-0.4, -0.2) is 9.97 Å². The quantitative estimate of drug-likeness (QED) is 0.775. The molecule has 0 atom stereocenters. The van der Waals surface area contributed by atoms with Crippen molar-refractivity contribution in [3.63, 3.8) is 0 Å². The molecule has 2 nitrogen and oxygen atoms in total. The van der Waals surface area contributed by atoms with Crippen molar-refractivity contribution in [3.8, 4) is 0 Å². The average Bonchev–Trinajstić information content (AvgIpc) is 2.17. The maximum absolute atomic E-state index is 4.52. The van der Waals surface area contributed by atoms with Crippen LogP contribution >= 0.6 is 31.9 Å². The molecule has 0 N–H and O–H groups in total. The first-order valence-electron chi connectivity index (χ1n) is 4.82. The van der Waals surface area contributed by atoms with Crippen molar-refractivity contribution in [2.45, 2.75) is 19.8 Å². The summed E-state index contributed by atoms with van der Waals surface area (Å²) in [6, 6.07) is 6.02. The minimum atomic E-state index is 0.878. The second kappa shape index (κ2) is 4.58. The number of fused-ring (bicyclic) bond motifs is 1. The lowest BCUT2D eigenvalue weighted by Gasteiger charge is -2.03. The fraction of sp³-hybridized carbons (Fsp3) is 0.273. The molecule has 1 aromatic carbocycles. The van der Waals surface area contributed by atoms with Crippen LogP contribution in [0.25, 0.3) is 10.9 Å². The van der Waals surface area contributed by atoms with Crippen LogP contribution in [0.1, 0.15) is 19.2 Å². The SMILES string of the molecule is CCCc1nc(Br)c2ccc(Br)cc2n1. The van der Waals surface area contributed by atoms with Gasteiger partial charge in [-0.05, 0) is 40.5 Å². The van der Waals surface area contributed by atoms with E-state index in [2.05, 4.69) is 48.8 Å². The van der Waals surface area contributed by atoms with Gasteiger partial charge in [0.1, 0.15) is 10.4 Å². The Balaban J connectivity index is 2.63. The molecule has 0 aliphatic rings. The van der Waals surface area contributed by atoms with E-state index in [1.807, 2.05) is 18.2 Å². The van der Waals surface area contributed by atoms with Crippen molar-refractivity contribution in [2.75, 3.05) is 0 Å². The van der Waals surface area contributed by atoms with Gasteiger partial charge in [0.15, 0.2) is 0 Å². The molecule has 4 heteroatoms. The van der Waals surface area contributed by atoms with Crippen molar-refractivity contribution >= 4 is 42.8 Å². The molecule has 15 heavy (non-hydrogen) atoms. The smallest absolute Gasteiger partial charge is 0.130 e. The molecule has 0 spiro atoms. The van der Waals surface area contributed by atoms with Gasteiger partial charge in [-0.2, -0.15) is 0 Å². The van der Waals surface area contributed by atoms with Crippen molar-refractivity contribution in [2.24, 2.45) is 0 Å². The summed E-state index contributed by atoms with van der Waals surface area (Å²) in [7, 11) is 0. The molecule has 2 rings (SSSR count). The molecular formula is C11H10Br2N2. The molecule has 0 unspecified atom stereocenters. The van der Waals surface area contributed by atoms with Gasteiger partial charge < -0.3 is 0 Å². The predicted octanol–water partition coefficient (Wildman–Crippen LogP) is 4.11. The number of hydrogen-bond donors (Lipinski definition) is 0. The van der Waals surface area contributed by atoms with Gasteiger partial charge in [0.05, 0.1) is 5.52 Å². The van der Waals surface area contributed by atoms with E-state index in [0.29, 0.717) is 0 Å². The molecule has 0 radical (unpaired) electrons. The minimum absolute atomic E-state index is 0.878. The lowest BCUT2D eigenvalue weighted by molar-refractivity contribution is 0.840. The lowest BCUT2D eigenvalue weighted by atomic mass is 10.2. The van der Waals surface area contributed by atoms with Gasteiger partial charge in [-0.1, -0.05) is 22.9 Å². The van der Waals surface area contributed by atoms with Crippen LogP contribution in [-0.2, 0) is 6.42 Å². The summed E-state index contributed by atoms with van der Waals surface area (Å²) in [6.07, 6.45) is 1.98. The van der Waals surface area contributed by atoms with Crippen molar-refractivity contribution in [1.82, 2.24) is 9.97 Å². The van der Waals surface area contributed by atoms with Crippen LogP contribution in [0.15, 0.2) is 27.3 Å². The second-order valence-electron chi connectivity index (χ2n) is 3.34. The van der Waals surface area contributed by atoms with Gasteiger partial charge >= 0.3 is 0 Å². The van der Waals surface area contributed by atoms with Crippen LogP contribution < -0.4 is 0 Å². The third kappa shape index (κ3) is 2.37. The molecule has 0 aliphatic carbocycles. The normalized spacial score (nSPS) is 10.9. The molecule has 2 aromatic rings. The van der Waals surface area contributed by atoms with Crippen LogP contribution in [0, 0.1) is 0 Å². The highest BCUT2D eigenvalue weighted by Gasteiger charge is 2.05. The van der Waals surface area contributed by atoms with Crippen molar-refractivity contribution in [1.29, 1.82) is 0 Å². The van der Waals surface area contributed by atoms with E-state index in [0.717, 1.165) is 38.6 Å². The molecule has 1 heterocycles. The number of halogens is 2. The third-order valence-corrected chi connectivity index (χ3v) is 3.23. The highest BCUT2D eigenvalue weighted by molar-refractivity contribution is 9.10. The fourth-order valence-corrected chi connectivity index (χ4v) is 2.33. The van der Waals surface area contributed by atoms with Gasteiger partial charge in [-0.3, -0.25) is 0 Å². The molecule has 78 valence electrons. The van der Waals surface area contributed by atoms with E-state index in [4.69, 9.17) is 0 Å². The molecular weight excluding hydrogens is 320 g/mol. The largest absolute Gasteiger partial charge is 0.233 e. The zero-order valence-electron chi connectivity index (χ0n) is 8.30. The van der Waals surface area contributed by atoms with Gasteiger partial charge in [0, 0.05) is 16.3 Å². The Hall–Kier alpha value is -0.480. The predicted molar refractivity (Wildman–Crippen MR) is 68.9 cm³/mol. The van der Waals surface area contributed by atoms with Gasteiger partial charge in [0.2, 0.25) is 0 Å². The van der Waals surface area contributed by atoms with Gasteiger partial charge in [-0.15, -0.1) is 0 Å². The lowest BCUT2D eigenvalue weighted by Crippen LogP contribution is -1.96. The Bertz CT molecular complexity index is 497. The molecule has 0 aliphatic heterocycles. The van der Waals surface area contributed by atoms with E-state index in [-0.39, 0.29) is 0 Å². The number of hydrogen-bond acceptors (Lipinski definition) is 2. The standard InChI is InChI=1S/C11H10Br2N2/c1-2-3-10-14-9-6-7(12)4-5-8(9)11(13)15-10/h4-6H,2-3H2,1H3. The minimum Gasteiger partial charge on any atom is -0.233 e. The monoisotopic (exact) mass is 328 g/mol. The first-order chi connectivity index (χ1) is 7.20. The first kappa shape index (κ1) is 11.0. The summed E-state index contributed by atoms with van der Waals surface area (Å²) in [5.41, 5.74) is 0.981. The van der Waals surface area contributed by atoms with Crippen LogP contribution in [0.5, 0.6) is 0 Å². The van der Waals surface area contributed by atoms with E-state index < -0.39 is 0 Å². The van der Waals surface area contributed by atoms with Gasteiger partial charge in [-0.25, -0.2) is 9.97 Å². The number of rotatable bonds is 2. The number of benzene rings is 1. The maximum atomic E-state index is 4.52. The van der Waals surface area contributed by atoms with E-state index in [9.17, 15) is 0 Å². The topological polar surface area (TPSA) is 25.8 Å². The fourth-order valence-electron chi connectivity index (χ4n) is 1.44. The zero-order chi connectivity index (χ0) is 10.8. The summed E-state index contributed by atoms with van der Waals surface area (Å²) in [5, 5.41) is 1.05. The molecule has 0 amide bonds. The highest BCUT2D eigenvalue weighted by atomic mass is 79.9. The number of aromatic nitrogens is 2. The second-order valence-corrected chi connectivity index (χ2v) is 5.01. The number of aryl methyl sites for hydroxylation is 1. The molecule has 1 aromatic heterocycles. The molecule has 0 saturated heterocycles. The van der Waals surface area contributed by atoms with Crippen LogP contribution in [0.3, 0.4) is 0 Å². The summed E-state index contributed by atoms with van der Waals surface area (Å²) in [5.74, 6) is 0.898. The van der Waals surface area contributed by atoms with E-state index in [1.165, 1.54) is 0 Å². The Morgan fingerprint density at radius 1 is 1.20 bits per heavy atom. The summed E-state index contributed by atoms with van der Waals surface area (Å²) < 4.78 is 1.92. The third-order valence-electron chi connectivity index (χ3n) is 2.13. The summed E-state index contributed by atoms with van der Waals surface area (Å²) >= 11 is 6.92. The molecule has 0 saturated carbocycles. The average molecular weight is 330 g/mol. The van der Waals surface area contributed by atoms with E-state index >= 15 is 0 Å². The highest BCUT2D eigenvalue weighted by Crippen LogP contribution is 2.24. The maximum Gasteiger partial charge on any atom is 0.130 e. The van der Waals surface area contributed by atoms with Crippen LogP contribution in [0.2, 0.25) is 0 Å². The summed E-state index contributed by atoms with van der Waals surface area (Å²) in [4.78, 5) is 8.93. The molecule has 0 fully saturated rings.